The van der Waals surface area contributed by atoms with Crippen molar-refractivity contribution in [2.45, 2.75) is 18.4 Å². The molecule has 0 aromatic carbocycles. The van der Waals surface area contributed by atoms with Gasteiger partial charge in [-0.25, -0.2) is 9.59 Å². The summed E-state index contributed by atoms with van der Waals surface area (Å²) in [5, 5.41) is 20.1. The Hall–Kier alpha value is -1.56. The number of carboxylic acid groups (broad SMARTS) is 1. The molecule has 0 aromatic heterocycles. The Morgan fingerprint density at radius 3 is 2.50 bits per heavy atom. The number of carbonyl (C=O) groups is 2. The lowest BCUT2D eigenvalue weighted by Crippen LogP contribution is -2.50. The number of amides is 2. The number of hydrogen-bond acceptors (Lipinski definition) is 3. The number of aliphatic hydroxyl groups is 1. The maximum atomic E-state index is 11.7. The second-order valence-corrected chi connectivity index (χ2v) is 3.78. The van der Waals surface area contributed by atoms with Crippen molar-refractivity contribution in [3.05, 3.63) is 12.7 Å². The molecular weight excluding hydrogens is 212 g/mol. The quantitative estimate of drug-likeness (QED) is 0.549. The first-order valence-corrected chi connectivity index (χ1v) is 5.08. The Morgan fingerprint density at radius 1 is 1.50 bits per heavy atom. The second kappa shape index (κ2) is 4.98. The fourth-order valence-electron chi connectivity index (χ4n) is 1.35. The lowest BCUT2D eigenvalue weighted by molar-refractivity contribution is -0.140. The van der Waals surface area contributed by atoms with Gasteiger partial charge < -0.3 is 20.4 Å². The van der Waals surface area contributed by atoms with E-state index in [1.54, 1.807) is 0 Å². The summed E-state index contributed by atoms with van der Waals surface area (Å²) in [6.45, 7) is 3.77. The molecule has 1 rings (SSSR count). The fraction of sp³-hybridized carbons (Fsp3) is 0.600. The molecule has 0 aliphatic heterocycles. The Balaban J connectivity index is 2.55. The summed E-state index contributed by atoms with van der Waals surface area (Å²) in [7, 11) is 0. The molecule has 1 saturated carbocycles. The predicted molar refractivity (Wildman–Crippen MR) is 57.0 cm³/mol. The first-order valence-electron chi connectivity index (χ1n) is 5.08. The van der Waals surface area contributed by atoms with E-state index >= 15 is 0 Å². The van der Waals surface area contributed by atoms with E-state index in [2.05, 4.69) is 11.9 Å². The first kappa shape index (κ1) is 12.5. The summed E-state index contributed by atoms with van der Waals surface area (Å²) in [5.74, 6) is -1.01. The van der Waals surface area contributed by atoms with Crippen LogP contribution in [0.15, 0.2) is 12.7 Å². The molecule has 1 aliphatic carbocycles. The van der Waals surface area contributed by atoms with Gasteiger partial charge in [-0.15, -0.1) is 6.58 Å². The van der Waals surface area contributed by atoms with Gasteiger partial charge in [0.1, 0.15) is 5.54 Å². The van der Waals surface area contributed by atoms with Crippen molar-refractivity contribution in [3.8, 4) is 0 Å². The molecule has 3 N–H and O–H groups in total. The van der Waals surface area contributed by atoms with Crippen molar-refractivity contribution in [1.82, 2.24) is 10.2 Å². The van der Waals surface area contributed by atoms with Gasteiger partial charge in [-0.05, 0) is 12.8 Å². The summed E-state index contributed by atoms with van der Waals surface area (Å²) in [4.78, 5) is 23.8. The number of urea groups is 1. The number of rotatable bonds is 6. The first-order chi connectivity index (χ1) is 7.55. The molecule has 0 heterocycles. The van der Waals surface area contributed by atoms with Crippen molar-refractivity contribution in [2.75, 3.05) is 19.7 Å². The van der Waals surface area contributed by atoms with Crippen LogP contribution in [0.3, 0.4) is 0 Å². The Labute approximate surface area is 93.5 Å². The third-order valence-electron chi connectivity index (χ3n) is 2.51. The van der Waals surface area contributed by atoms with Crippen LogP contribution in [0.2, 0.25) is 0 Å². The van der Waals surface area contributed by atoms with Crippen molar-refractivity contribution in [1.29, 1.82) is 0 Å². The molecule has 0 aromatic rings. The zero-order valence-electron chi connectivity index (χ0n) is 8.98. The summed E-state index contributed by atoms with van der Waals surface area (Å²) < 4.78 is 0. The van der Waals surface area contributed by atoms with Gasteiger partial charge in [-0.3, -0.25) is 0 Å². The van der Waals surface area contributed by atoms with E-state index in [-0.39, 0.29) is 19.7 Å². The van der Waals surface area contributed by atoms with Gasteiger partial charge in [0.15, 0.2) is 0 Å². The largest absolute Gasteiger partial charge is 0.480 e. The number of nitrogens with zero attached hydrogens (tertiary/aromatic N) is 1. The fourth-order valence-corrected chi connectivity index (χ4v) is 1.35. The third-order valence-corrected chi connectivity index (χ3v) is 2.51. The molecule has 0 bridgehead atoms. The highest BCUT2D eigenvalue weighted by molar-refractivity contribution is 5.89. The molecule has 6 nitrogen and oxygen atoms in total. The van der Waals surface area contributed by atoms with Crippen molar-refractivity contribution in [3.63, 3.8) is 0 Å². The average molecular weight is 228 g/mol. The number of hydrogen-bond donors (Lipinski definition) is 3. The Bertz CT molecular complexity index is 299. The van der Waals surface area contributed by atoms with Gasteiger partial charge >= 0.3 is 12.0 Å². The minimum Gasteiger partial charge on any atom is -0.480 e. The Kier molecular flexibility index (Phi) is 3.89. The van der Waals surface area contributed by atoms with E-state index in [4.69, 9.17) is 10.2 Å². The van der Waals surface area contributed by atoms with E-state index in [1.807, 2.05) is 0 Å². The van der Waals surface area contributed by atoms with Gasteiger partial charge in [-0.2, -0.15) is 0 Å². The summed E-state index contributed by atoms with van der Waals surface area (Å²) >= 11 is 0. The molecule has 0 unspecified atom stereocenters. The standard InChI is InChI=1S/C10H16N2O4/c1-2-5-12(6-7-13)9(16)11-10(3-4-10)8(14)15/h2,13H,1,3-7H2,(H,11,16)(H,14,15). The van der Waals surface area contributed by atoms with Crippen molar-refractivity contribution < 1.29 is 19.8 Å². The van der Waals surface area contributed by atoms with E-state index in [0.717, 1.165) is 0 Å². The highest BCUT2D eigenvalue weighted by Crippen LogP contribution is 2.35. The predicted octanol–water partition coefficient (Wildman–Crippen LogP) is -0.206. The maximum absolute atomic E-state index is 11.7. The highest BCUT2D eigenvalue weighted by Gasteiger charge is 2.52. The minimum atomic E-state index is -1.09. The monoisotopic (exact) mass is 228 g/mol. The van der Waals surface area contributed by atoms with E-state index < -0.39 is 17.5 Å². The Morgan fingerprint density at radius 2 is 2.12 bits per heavy atom. The number of carboxylic acids is 1. The van der Waals surface area contributed by atoms with E-state index in [0.29, 0.717) is 12.8 Å². The average Bonchev–Trinajstić information content (AvgIpc) is 2.98. The molecule has 0 radical (unpaired) electrons. The van der Waals surface area contributed by atoms with Gasteiger partial charge in [-0.1, -0.05) is 6.08 Å². The van der Waals surface area contributed by atoms with Crippen molar-refractivity contribution in [2.24, 2.45) is 0 Å². The van der Waals surface area contributed by atoms with Crippen molar-refractivity contribution >= 4 is 12.0 Å². The van der Waals surface area contributed by atoms with E-state index in [9.17, 15) is 9.59 Å². The number of aliphatic hydroxyl groups excluding tert-OH is 1. The lowest BCUT2D eigenvalue weighted by atomic mass is 10.3. The summed E-state index contributed by atoms with van der Waals surface area (Å²) in [5.41, 5.74) is -1.09. The molecule has 1 aliphatic rings. The zero-order valence-corrected chi connectivity index (χ0v) is 8.98. The molecule has 1 fully saturated rings. The van der Waals surface area contributed by atoms with Crippen LogP contribution in [0.5, 0.6) is 0 Å². The zero-order chi connectivity index (χ0) is 12.2. The topological polar surface area (TPSA) is 89.9 Å². The molecule has 90 valence electrons. The SMILES string of the molecule is C=CCN(CCO)C(=O)NC1(C(=O)O)CC1. The number of nitrogens with one attached hydrogen (secondary N) is 1. The van der Waals surface area contributed by atoms with E-state index in [1.165, 1.54) is 11.0 Å². The van der Waals surface area contributed by atoms with Crippen LogP contribution in [0.25, 0.3) is 0 Å². The summed E-state index contributed by atoms with van der Waals surface area (Å²) in [6, 6.07) is -0.478. The third kappa shape index (κ3) is 2.73. The van der Waals surface area contributed by atoms with Gasteiger partial charge in [0.25, 0.3) is 0 Å². The van der Waals surface area contributed by atoms with Crippen LogP contribution in [-0.4, -0.2) is 52.3 Å². The van der Waals surface area contributed by atoms with Crippen LogP contribution in [-0.2, 0) is 4.79 Å². The normalized spacial score (nSPS) is 16.3. The van der Waals surface area contributed by atoms with Crippen LogP contribution in [0, 0.1) is 0 Å². The smallest absolute Gasteiger partial charge is 0.329 e. The lowest BCUT2D eigenvalue weighted by Gasteiger charge is -2.23. The van der Waals surface area contributed by atoms with Crippen LogP contribution < -0.4 is 5.32 Å². The number of carbonyl (C=O) groups excluding carboxylic acids is 1. The molecule has 0 saturated heterocycles. The van der Waals surface area contributed by atoms with Crippen LogP contribution in [0.4, 0.5) is 4.79 Å². The molecule has 16 heavy (non-hydrogen) atoms. The molecule has 0 atom stereocenters. The number of aliphatic carboxylic acids is 1. The van der Waals surface area contributed by atoms with Crippen LogP contribution >= 0.6 is 0 Å². The van der Waals surface area contributed by atoms with Crippen LogP contribution in [0.1, 0.15) is 12.8 Å². The second-order valence-electron chi connectivity index (χ2n) is 3.78. The molecule has 0 spiro atoms. The van der Waals surface area contributed by atoms with Gasteiger partial charge in [0, 0.05) is 13.1 Å². The minimum absolute atomic E-state index is 0.160. The maximum Gasteiger partial charge on any atom is 0.329 e. The van der Waals surface area contributed by atoms with Gasteiger partial charge in [0.05, 0.1) is 6.61 Å². The molecule has 6 heteroatoms. The molecular formula is C10H16N2O4. The van der Waals surface area contributed by atoms with Gasteiger partial charge in [0.2, 0.25) is 0 Å². The highest BCUT2D eigenvalue weighted by atomic mass is 16.4. The summed E-state index contributed by atoms with van der Waals surface area (Å²) in [6.07, 6.45) is 2.43. The molecule has 2 amide bonds.